The number of pyridine rings is 1. The van der Waals surface area contributed by atoms with E-state index in [0.717, 1.165) is 25.2 Å². The molecule has 76 valence electrons. The Bertz CT molecular complexity index is 289. The summed E-state index contributed by atoms with van der Waals surface area (Å²) in [7, 11) is 0. The number of aliphatic hydroxyl groups is 1. The van der Waals surface area contributed by atoms with E-state index in [0.29, 0.717) is 6.04 Å². The van der Waals surface area contributed by atoms with E-state index >= 15 is 0 Å². The smallest absolute Gasteiger partial charge is 0.0679 e. The predicted molar refractivity (Wildman–Crippen MR) is 54.8 cm³/mol. The molecule has 1 fully saturated rings. The van der Waals surface area contributed by atoms with E-state index in [1.165, 1.54) is 0 Å². The van der Waals surface area contributed by atoms with Crippen molar-refractivity contribution >= 4 is 0 Å². The van der Waals surface area contributed by atoms with E-state index in [4.69, 9.17) is 0 Å². The van der Waals surface area contributed by atoms with Gasteiger partial charge in [-0.15, -0.1) is 0 Å². The van der Waals surface area contributed by atoms with Gasteiger partial charge in [0.1, 0.15) is 0 Å². The molecular formula is C11H16N2O. The number of aliphatic hydroxyl groups excluding tert-OH is 1. The first-order valence-electron chi connectivity index (χ1n) is 5.10. The van der Waals surface area contributed by atoms with Gasteiger partial charge in [-0.2, -0.15) is 0 Å². The highest BCUT2D eigenvalue weighted by molar-refractivity contribution is 5.08. The first-order chi connectivity index (χ1) is 6.77. The Labute approximate surface area is 84.4 Å². The highest BCUT2D eigenvalue weighted by Crippen LogP contribution is 2.22. The molecule has 0 aliphatic carbocycles. The van der Waals surface area contributed by atoms with Gasteiger partial charge in [-0.05, 0) is 25.5 Å². The van der Waals surface area contributed by atoms with E-state index in [9.17, 15) is 5.11 Å². The average Bonchev–Trinajstić information content (AvgIpc) is 2.65. The molecule has 0 spiro atoms. The number of β-amino-alcohol motifs (C(OH)–C–C–N with tert-alkyl or cyclic N) is 1. The number of hydrogen-bond donors (Lipinski definition) is 1. The Kier molecular flexibility index (Phi) is 2.79. The summed E-state index contributed by atoms with van der Waals surface area (Å²) in [6.07, 6.45) is 2.55. The molecule has 0 radical (unpaired) electrons. The van der Waals surface area contributed by atoms with Gasteiger partial charge in [-0.3, -0.25) is 9.88 Å². The van der Waals surface area contributed by atoms with Crippen LogP contribution in [-0.2, 0) is 0 Å². The first kappa shape index (κ1) is 9.62. The van der Waals surface area contributed by atoms with Gasteiger partial charge >= 0.3 is 0 Å². The Morgan fingerprint density at radius 3 is 3.00 bits per heavy atom. The van der Waals surface area contributed by atoms with E-state index in [1.54, 1.807) is 0 Å². The zero-order valence-corrected chi connectivity index (χ0v) is 8.43. The van der Waals surface area contributed by atoms with Gasteiger partial charge in [0.25, 0.3) is 0 Å². The summed E-state index contributed by atoms with van der Waals surface area (Å²) in [5.74, 6) is 0. The lowest BCUT2D eigenvalue weighted by molar-refractivity contribution is 0.162. The molecule has 2 atom stereocenters. The molecule has 0 saturated carbocycles. The second kappa shape index (κ2) is 4.07. The molecule has 1 saturated heterocycles. The van der Waals surface area contributed by atoms with Crippen molar-refractivity contribution in [2.45, 2.75) is 25.5 Å². The highest BCUT2D eigenvalue weighted by atomic mass is 16.3. The predicted octanol–water partition coefficient (Wildman–Crippen LogP) is 1.21. The van der Waals surface area contributed by atoms with Crippen LogP contribution in [0.3, 0.4) is 0 Å². The van der Waals surface area contributed by atoms with Crippen LogP contribution in [0.5, 0.6) is 0 Å². The summed E-state index contributed by atoms with van der Waals surface area (Å²) in [6.45, 7) is 3.89. The molecule has 1 aliphatic rings. The molecule has 3 nitrogen and oxygen atoms in total. The van der Waals surface area contributed by atoms with Crippen molar-refractivity contribution in [2.24, 2.45) is 0 Å². The van der Waals surface area contributed by atoms with Gasteiger partial charge in [0.2, 0.25) is 0 Å². The van der Waals surface area contributed by atoms with Crippen molar-refractivity contribution in [1.82, 2.24) is 9.88 Å². The molecule has 2 heterocycles. The van der Waals surface area contributed by atoms with Crippen LogP contribution >= 0.6 is 0 Å². The van der Waals surface area contributed by atoms with Gasteiger partial charge < -0.3 is 5.11 Å². The SMILES string of the molecule is C[C@H](c1ccccn1)N1CC[C@@H](O)C1. The molecule has 0 unspecified atom stereocenters. The lowest BCUT2D eigenvalue weighted by atomic mass is 10.2. The quantitative estimate of drug-likeness (QED) is 0.765. The van der Waals surface area contributed by atoms with Crippen LogP contribution in [0.2, 0.25) is 0 Å². The van der Waals surface area contributed by atoms with Crippen molar-refractivity contribution in [1.29, 1.82) is 0 Å². The van der Waals surface area contributed by atoms with Crippen LogP contribution in [-0.4, -0.2) is 34.2 Å². The maximum atomic E-state index is 9.43. The third-order valence-electron chi connectivity index (χ3n) is 2.86. The summed E-state index contributed by atoms with van der Waals surface area (Å²) < 4.78 is 0. The fourth-order valence-corrected chi connectivity index (χ4v) is 1.93. The van der Waals surface area contributed by atoms with Crippen molar-refractivity contribution in [2.75, 3.05) is 13.1 Å². The Hall–Kier alpha value is -0.930. The molecule has 1 aromatic heterocycles. The maximum Gasteiger partial charge on any atom is 0.0679 e. The van der Waals surface area contributed by atoms with Crippen molar-refractivity contribution in [3.05, 3.63) is 30.1 Å². The third kappa shape index (κ3) is 1.94. The Balaban J connectivity index is 2.05. The Morgan fingerprint density at radius 2 is 2.43 bits per heavy atom. The van der Waals surface area contributed by atoms with Crippen LogP contribution in [0.25, 0.3) is 0 Å². The highest BCUT2D eigenvalue weighted by Gasteiger charge is 2.25. The van der Waals surface area contributed by atoms with E-state index < -0.39 is 0 Å². The maximum absolute atomic E-state index is 9.43. The standard InChI is InChI=1S/C11H16N2O/c1-9(11-4-2-3-6-12-11)13-7-5-10(14)8-13/h2-4,6,9-10,14H,5,7-8H2,1H3/t9-,10-/m1/s1. The number of likely N-dealkylation sites (tertiary alicyclic amines) is 1. The minimum atomic E-state index is -0.152. The molecule has 3 heteroatoms. The molecular weight excluding hydrogens is 176 g/mol. The van der Waals surface area contributed by atoms with Crippen molar-refractivity contribution in [3.63, 3.8) is 0 Å². The number of rotatable bonds is 2. The zero-order valence-electron chi connectivity index (χ0n) is 8.43. The van der Waals surface area contributed by atoms with Gasteiger partial charge in [0.15, 0.2) is 0 Å². The summed E-state index contributed by atoms with van der Waals surface area (Å²) in [5.41, 5.74) is 1.08. The van der Waals surface area contributed by atoms with Crippen LogP contribution in [0.15, 0.2) is 24.4 Å². The van der Waals surface area contributed by atoms with Crippen LogP contribution in [0.1, 0.15) is 25.1 Å². The second-order valence-electron chi connectivity index (χ2n) is 3.87. The minimum absolute atomic E-state index is 0.152. The fraction of sp³-hybridized carbons (Fsp3) is 0.545. The minimum Gasteiger partial charge on any atom is -0.392 e. The number of nitrogens with zero attached hydrogens (tertiary/aromatic N) is 2. The molecule has 14 heavy (non-hydrogen) atoms. The average molecular weight is 192 g/mol. The summed E-state index contributed by atoms with van der Waals surface area (Å²) in [5, 5.41) is 9.43. The zero-order chi connectivity index (χ0) is 9.97. The molecule has 0 amide bonds. The number of aromatic nitrogens is 1. The van der Waals surface area contributed by atoms with Crippen molar-refractivity contribution < 1.29 is 5.11 Å². The largest absolute Gasteiger partial charge is 0.392 e. The van der Waals surface area contributed by atoms with E-state index in [2.05, 4.69) is 16.8 Å². The summed E-state index contributed by atoms with van der Waals surface area (Å²) in [6, 6.07) is 6.28. The summed E-state index contributed by atoms with van der Waals surface area (Å²) >= 11 is 0. The van der Waals surface area contributed by atoms with Gasteiger partial charge in [-0.25, -0.2) is 0 Å². The third-order valence-corrected chi connectivity index (χ3v) is 2.86. The molecule has 0 bridgehead atoms. The monoisotopic (exact) mass is 192 g/mol. The molecule has 1 aliphatic heterocycles. The molecule has 1 N–H and O–H groups in total. The summed E-state index contributed by atoms with van der Waals surface area (Å²) in [4.78, 5) is 6.60. The lowest BCUT2D eigenvalue weighted by Gasteiger charge is -2.22. The topological polar surface area (TPSA) is 36.4 Å². The first-order valence-corrected chi connectivity index (χ1v) is 5.10. The van der Waals surface area contributed by atoms with E-state index in [1.807, 2.05) is 24.4 Å². The molecule has 1 aromatic rings. The van der Waals surface area contributed by atoms with Crippen LogP contribution < -0.4 is 0 Å². The number of hydrogen-bond acceptors (Lipinski definition) is 3. The van der Waals surface area contributed by atoms with Crippen LogP contribution in [0, 0.1) is 0 Å². The van der Waals surface area contributed by atoms with E-state index in [-0.39, 0.29) is 6.10 Å². The van der Waals surface area contributed by atoms with Gasteiger partial charge in [-0.1, -0.05) is 6.07 Å². The lowest BCUT2D eigenvalue weighted by Crippen LogP contribution is -2.26. The fourth-order valence-electron chi connectivity index (χ4n) is 1.93. The Morgan fingerprint density at radius 1 is 1.57 bits per heavy atom. The normalized spacial score (nSPS) is 25.1. The second-order valence-corrected chi connectivity index (χ2v) is 3.87. The van der Waals surface area contributed by atoms with Crippen LogP contribution in [0.4, 0.5) is 0 Å². The van der Waals surface area contributed by atoms with Crippen molar-refractivity contribution in [3.8, 4) is 0 Å². The van der Waals surface area contributed by atoms with Gasteiger partial charge in [0, 0.05) is 25.3 Å². The molecule has 2 rings (SSSR count). The van der Waals surface area contributed by atoms with Gasteiger partial charge in [0.05, 0.1) is 11.8 Å². The molecule has 0 aromatic carbocycles.